The Morgan fingerprint density at radius 1 is 1.57 bits per heavy atom. The van der Waals surface area contributed by atoms with Gasteiger partial charge in [0.15, 0.2) is 5.78 Å². The first-order valence-electron chi connectivity index (χ1n) is 4.26. The van der Waals surface area contributed by atoms with Crippen molar-refractivity contribution in [1.82, 2.24) is 0 Å². The van der Waals surface area contributed by atoms with E-state index in [1.54, 1.807) is 0 Å². The highest BCUT2D eigenvalue weighted by molar-refractivity contribution is 8.03. The average molecular weight is 217 g/mol. The predicted molar refractivity (Wildman–Crippen MR) is 57.1 cm³/mol. The fourth-order valence-electron chi connectivity index (χ4n) is 0.724. The van der Waals surface area contributed by atoms with Crippen molar-refractivity contribution < 1.29 is 14.7 Å². The number of rotatable bonds is 7. The van der Waals surface area contributed by atoms with E-state index < -0.39 is 12.0 Å². The SMILES string of the molecule is C=C(SCCCC(N)C(=O)O)C(C)=O. The number of carboxylic acids is 1. The number of Topliss-reactive ketones (excluding diaryl/α,β-unsaturated/α-hetero) is 1. The van der Waals surface area contributed by atoms with Crippen LogP contribution in [0.25, 0.3) is 0 Å². The van der Waals surface area contributed by atoms with E-state index in [1.807, 2.05) is 0 Å². The van der Waals surface area contributed by atoms with Crippen molar-refractivity contribution in [3.63, 3.8) is 0 Å². The van der Waals surface area contributed by atoms with Gasteiger partial charge in [-0.15, -0.1) is 11.8 Å². The Bertz CT molecular complexity index is 240. The van der Waals surface area contributed by atoms with Crippen LogP contribution in [0.1, 0.15) is 19.8 Å². The van der Waals surface area contributed by atoms with E-state index in [9.17, 15) is 9.59 Å². The highest BCUT2D eigenvalue weighted by Crippen LogP contribution is 2.16. The van der Waals surface area contributed by atoms with Crippen molar-refractivity contribution >= 4 is 23.5 Å². The standard InChI is InChI=1S/C9H15NO3S/c1-6(11)7(2)14-5-3-4-8(10)9(12)13/h8H,2-5,10H2,1H3,(H,12,13). The lowest BCUT2D eigenvalue weighted by molar-refractivity contribution is -0.138. The van der Waals surface area contributed by atoms with E-state index in [1.165, 1.54) is 18.7 Å². The van der Waals surface area contributed by atoms with Crippen LogP contribution in [0.5, 0.6) is 0 Å². The molecule has 1 atom stereocenters. The van der Waals surface area contributed by atoms with Crippen LogP contribution in [0.3, 0.4) is 0 Å². The van der Waals surface area contributed by atoms with Gasteiger partial charge in [0.2, 0.25) is 0 Å². The molecule has 0 fully saturated rings. The van der Waals surface area contributed by atoms with E-state index in [0.29, 0.717) is 23.5 Å². The van der Waals surface area contributed by atoms with Crippen molar-refractivity contribution in [3.05, 3.63) is 11.5 Å². The van der Waals surface area contributed by atoms with Gasteiger partial charge in [-0.3, -0.25) is 9.59 Å². The fraction of sp³-hybridized carbons (Fsp3) is 0.556. The van der Waals surface area contributed by atoms with Crippen molar-refractivity contribution in [2.75, 3.05) is 5.75 Å². The summed E-state index contributed by atoms with van der Waals surface area (Å²) in [7, 11) is 0. The van der Waals surface area contributed by atoms with Gasteiger partial charge in [-0.05, 0) is 25.5 Å². The van der Waals surface area contributed by atoms with Gasteiger partial charge in [-0.25, -0.2) is 0 Å². The normalized spacial score (nSPS) is 12.1. The largest absolute Gasteiger partial charge is 0.480 e. The number of hydrogen-bond acceptors (Lipinski definition) is 4. The minimum absolute atomic E-state index is 0.0440. The monoisotopic (exact) mass is 217 g/mol. The lowest BCUT2D eigenvalue weighted by atomic mass is 10.2. The minimum Gasteiger partial charge on any atom is -0.480 e. The van der Waals surface area contributed by atoms with Crippen molar-refractivity contribution in [2.45, 2.75) is 25.8 Å². The molecule has 0 heterocycles. The van der Waals surface area contributed by atoms with E-state index in [-0.39, 0.29) is 5.78 Å². The second-order valence-electron chi connectivity index (χ2n) is 2.91. The van der Waals surface area contributed by atoms with Crippen LogP contribution in [-0.2, 0) is 9.59 Å². The number of allylic oxidation sites excluding steroid dienone is 1. The second-order valence-corrected chi connectivity index (χ2v) is 4.10. The van der Waals surface area contributed by atoms with Crippen LogP contribution in [0.4, 0.5) is 0 Å². The maximum Gasteiger partial charge on any atom is 0.320 e. The molecule has 0 aliphatic rings. The zero-order chi connectivity index (χ0) is 11.1. The fourth-order valence-corrected chi connectivity index (χ4v) is 1.48. The summed E-state index contributed by atoms with van der Waals surface area (Å²) < 4.78 is 0. The van der Waals surface area contributed by atoms with E-state index >= 15 is 0 Å². The summed E-state index contributed by atoms with van der Waals surface area (Å²) >= 11 is 1.35. The van der Waals surface area contributed by atoms with Crippen LogP contribution in [0.15, 0.2) is 11.5 Å². The Labute approximate surface area is 87.5 Å². The van der Waals surface area contributed by atoms with Crippen LogP contribution in [0, 0.1) is 0 Å². The Morgan fingerprint density at radius 2 is 2.14 bits per heavy atom. The number of nitrogens with two attached hydrogens (primary N) is 1. The predicted octanol–water partition coefficient (Wildman–Crippen LogP) is 1.01. The van der Waals surface area contributed by atoms with Crippen LogP contribution in [0.2, 0.25) is 0 Å². The molecule has 0 aliphatic heterocycles. The first-order valence-corrected chi connectivity index (χ1v) is 5.24. The van der Waals surface area contributed by atoms with Gasteiger partial charge in [0, 0.05) is 4.91 Å². The molecule has 5 heteroatoms. The number of hydrogen-bond donors (Lipinski definition) is 2. The Kier molecular flexibility index (Phi) is 6.23. The Morgan fingerprint density at radius 3 is 2.57 bits per heavy atom. The first-order chi connectivity index (χ1) is 6.45. The average Bonchev–Trinajstić information content (AvgIpc) is 2.11. The van der Waals surface area contributed by atoms with E-state index in [4.69, 9.17) is 10.8 Å². The molecule has 0 spiro atoms. The van der Waals surface area contributed by atoms with Gasteiger partial charge in [0.05, 0.1) is 0 Å². The maximum absolute atomic E-state index is 10.7. The van der Waals surface area contributed by atoms with Gasteiger partial charge in [0.1, 0.15) is 6.04 Å². The van der Waals surface area contributed by atoms with Crippen molar-refractivity contribution in [1.29, 1.82) is 0 Å². The molecule has 0 amide bonds. The van der Waals surface area contributed by atoms with Crippen LogP contribution in [-0.4, -0.2) is 28.7 Å². The molecule has 0 rings (SSSR count). The highest BCUT2D eigenvalue weighted by atomic mass is 32.2. The Hall–Kier alpha value is -0.810. The van der Waals surface area contributed by atoms with Crippen LogP contribution >= 0.6 is 11.8 Å². The van der Waals surface area contributed by atoms with E-state index in [0.717, 1.165) is 0 Å². The molecule has 3 N–H and O–H groups in total. The number of carboxylic acid groups (broad SMARTS) is 1. The minimum atomic E-state index is -0.986. The summed E-state index contributed by atoms with van der Waals surface area (Å²) in [6, 6.07) is -0.804. The van der Waals surface area contributed by atoms with Gasteiger partial charge in [0.25, 0.3) is 0 Å². The zero-order valence-corrected chi connectivity index (χ0v) is 8.97. The van der Waals surface area contributed by atoms with Crippen molar-refractivity contribution in [3.8, 4) is 0 Å². The van der Waals surface area contributed by atoms with Crippen LogP contribution < -0.4 is 5.73 Å². The number of ketones is 1. The third-order valence-corrected chi connectivity index (χ3v) is 2.77. The smallest absolute Gasteiger partial charge is 0.320 e. The molecule has 0 saturated carbocycles. The molecular weight excluding hydrogens is 202 g/mol. The number of thioether (sulfide) groups is 1. The third-order valence-electron chi connectivity index (χ3n) is 1.65. The molecule has 0 radical (unpaired) electrons. The summed E-state index contributed by atoms with van der Waals surface area (Å²) in [4.78, 5) is 21.6. The summed E-state index contributed by atoms with van der Waals surface area (Å²) in [5.74, 6) is -0.350. The van der Waals surface area contributed by atoms with Gasteiger partial charge < -0.3 is 10.8 Å². The van der Waals surface area contributed by atoms with Crippen molar-refractivity contribution in [2.24, 2.45) is 5.73 Å². The lowest BCUT2D eigenvalue weighted by Crippen LogP contribution is -2.29. The zero-order valence-electron chi connectivity index (χ0n) is 8.16. The van der Waals surface area contributed by atoms with Gasteiger partial charge in [-0.2, -0.15) is 0 Å². The molecule has 80 valence electrons. The molecule has 0 bridgehead atoms. The summed E-state index contributed by atoms with van der Waals surface area (Å²) in [5, 5.41) is 8.48. The summed E-state index contributed by atoms with van der Waals surface area (Å²) in [5.41, 5.74) is 5.29. The maximum atomic E-state index is 10.7. The molecular formula is C9H15NO3S. The first kappa shape index (κ1) is 13.2. The lowest BCUT2D eigenvalue weighted by Gasteiger charge is -2.05. The molecule has 1 unspecified atom stereocenters. The van der Waals surface area contributed by atoms with Gasteiger partial charge >= 0.3 is 5.97 Å². The Balaban J connectivity index is 3.52. The molecule has 0 aromatic rings. The summed E-state index contributed by atoms with van der Waals surface area (Å²) in [6.45, 7) is 5.03. The molecule has 4 nitrogen and oxygen atoms in total. The topological polar surface area (TPSA) is 80.4 Å². The second kappa shape index (κ2) is 6.62. The molecule has 14 heavy (non-hydrogen) atoms. The number of carbonyl (C=O) groups is 2. The van der Waals surface area contributed by atoms with Gasteiger partial charge in [-0.1, -0.05) is 6.58 Å². The third kappa shape index (κ3) is 5.77. The summed E-state index contributed by atoms with van der Waals surface area (Å²) in [6.07, 6.45) is 1.10. The molecule has 0 aromatic heterocycles. The quantitative estimate of drug-likeness (QED) is 0.491. The molecule has 0 saturated heterocycles. The molecule has 0 aliphatic carbocycles. The highest BCUT2D eigenvalue weighted by Gasteiger charge is 2.10. The van der Waals surface area contributed by atoms with E-state index in [2.05, 4.69) is 6.58 Å². The molecule has 0 aromatic carbocycles. The number of carbonyl (C=O) groups excluding carboxylic acids is 1. The number of aliphatic carboxylic acids is 1.